The Hall–Kier alpha value is -3.54. The van der Waals surface area contributed by atoms with E-state index < -0.39 is 0 Å². The number of benzene rings is 2. The third-order valence-corrected chi connectivity index (χ3v) is 7.62. The highest BCUT2D eigenvalue weighted by molar-refractivity contribution is 6.05. The zero-order valence-corrected chi connectivity index (χ0v) is 21.0. The lowest BCUT2D eigenvalue weighted by atomic mass is 9.89. The van der Waals surface area contributed by atoms with Crippen LogP contribution in [-0.2, 0) is 6.42 Å². The predicted octanol–water partition coefficient (Wildman–Crippen LogP) is 5.86. The van der Waals surface area contributed by atoms with E-state index in [9.17, 15) is 9.59 Å². The minimum Gasteiger partial charge on any atom is -0.459 e. The first-order valence-corrected chi connectivity index (χ1v) is 13.1. The molecule has 2 aliphatic heterocycles. The summed E-state index contributed by atoms with van der Waals surface area (Å²) >= 11 is 0. The number of carbonyl (C=O) groups is 2. The van der Waals surface area contributed by atoms with Crippen LogP contribution >= 0.6 is 0 Å². The smallest absolute Gasteiger partial charge is 0.291 e. The van der Waals surface area contributed by atoms with Gasteiger partial charge in [0.2, 0.25) is 0 Å². The van der Waals surface area contributed by atoms with Gasteiger partial charge in [-0.2, -0.15) is 0 Å². The van der Waals surface area contributed by atoms with Gasteiger partial charge in [0.1, 0.15) is 0 Å². The van der Waals surface area contributed by atoms with Crippen molar-refractivity contribution in [2.45, 2.75) is 39.0 Å². The molecule has 0 atom stereocenters. The maximum Gasteiger partial charge on any atom is 0.291 e. The molecule has 188 valence electrons. The molecule has 0 saturated carbocycles. The van der Waals surface area contributed by atoms with E-state index in [1.807, 2.05) is 23.1 Å². The number of furan rings is 1. The second-order valence-electron chi connectivity index (χ2n) is 10.3. The van der Waals surface area contributed by atoms with Crippen molar-refractivity contribution < 1.29 is 14.0 Å². The van der Waals surface area contributed by atoms with Gasteiger partial charge in [-0.15, -0.1) is 0 Å². The number of piperidine rings is 2. The minimum atomic E-state index is -0.320. The summed E-state index contributed by atoms with van der Waals surface area (Å²) in [6.07, 6.45) is 6.83. The first-order valence-electron chi connectivity index (χ1n) is 13.1. The second-order valence-corrected chi connectivity index (χ2v) is 10.3. The van der Waals surface area contributed by atoms with E-state index in [1.165, 1.54) is 11.8 Å². The Labute approximate surface area is 213 Å². The van der Waals surface area contributed by atoms with E-state index in [1.54, 1.807) is 12.1 Å². The maximum atomic E-state index is 13.7. The van der Waals surface area contributed by atoms with Crippen molar-refractivity contribution in [2.75, 3.05) is 36.4 Å². The first-order chi connectivity index (χ1) is 17.6. The molecular weight excluding hydrogens is 450 g/mol. The van der Waals surface area contributed by atoms with Gasteiger partial charge in [-0.05, 0) is 79.8 Å². The van der Waals surface area contributed by atoms with E-state index in [-0.39, 0.29) is 17.6 Å². The fourth-order valence-electron chi connectivity index (χ4n) is 5.37. The van der Waals surface area contributed by atoms with Gasteiger partial charge in [0.15, 0.2) is 5.76 Å². The van der Waals surface area contributed by atoms with E-state index in [4.69, 9.17) is 4.42 Å². The van der Waals surface area contributed by atoms with Gasteiger partial charge in [-0.25, -0.2) is 0 Å². The van der Waals surface area contributed by atoms with Crippen LogP contribution in [0.2, 0.25) is 0 Å². The predicted molar refractivity (Wildman–Crippen MR) is 142 cm³/mol. The van der Waals surface area contributed by atoms with Gasteiger partial charge in [0, 0.05) is 37.6 Å². The van der Waals surface area contributed by atoms with Crippen molar-refractivity contribution >= 4 is 23.2 Å². The number of nitrogens with zero attached hydrogens (tertiary/aromatic N) is 2. The van der Waals surface area contributed by atoms with Crippen LogP contribution in [0.4, 0.5) is 11.4 Å². The number of anilines is 2. The van der Waals surface area contributed by atoms with Crippen LogP contribution in [0.3, 0.4) is 0 Å². The van der Waals surface area contributed by atoms with Crippen LogP contribution in [0.1, 0.15) is 59.1 Å². The monoisotopic (exact) mass is 485 g/mol. The first kappa shape index (κ1) is 24.2. The molecule has 0 unspecified atom stereocenters. The fraction of sp³-hybridized carbons (Fsp3) is 0.400. The fourth-order valence-corrected chi connectivity index (χ4v) is 5.37. The molecule has 2 amide bonds. The molecule has 2 aliphatic rings. The molecule has 0 aliphatic carbocycles. The number of likely N-dealkylation sites (tertiary alicyclic amines) is 1. The van der Waals surface area contributed by atoms with Crippen molar-refractivity contribution in [2.24, 2.45) is 11.8 Å². The zero-order valence-electron chi connectivity index (χ0n) is 21.0. The third-order valence-electron chi connectivity index (χ3n) is 7.62. The molecule has 0 radical (unpaired) electrons. The highest BCUT2D eigenvalue weighted by Crippen LogP contribution is 2.32. The molecule has 3 heterocycles. The molecule has 0 spiro atoms. The van der Waals surface area contributed by atoms with Crippen LogP contribution in [0.25, 0.3) is 0 Å². The Balaban J connectivity index is 1.34. The largest absolute Gasteiger partial charge is 0.459 e. The summed E-state index contributed by atoms with van der Waals surface area (Å²) in [6, 6.07) is 19.7. The lowest BCUT2D eigenvalue weighted by Gasteiger charge is -2.36. The standard InChI is InChI=1S/C30H35N3O3/c1-22-11-15-33(16-12-22)30(35)26-21-25(31-29(34)28-8-5-19-36-28)9-10-27(26)32-17-13-24(14-18-32)20-23-6-3-2-4-7-23/h2-10,19,21-22,24H,11-18,20H2,1H3,(H,31,34). The highest BCUT2D eigenvalue weighted by Gasteiger charge is 2.28. The number of amides is 2. The molecular formula is C30H35N3O3. The molecule has 1 N–H and O–H groups in total. The molecule has 2 saturated heterocycles. The second kappa shape index (κ2) is 11.0. The Kier molecular flexibility index (Phi) is 7.40. The molecule has 5 rings (SSSR count). The summed E-state index contributed by atoms with van der Waals surface area (Å²) in [6.45, 7) is 5.65. The Morgan fingerprint density at radius 1 is 0.917 bits per heavy atom. The maximum absolute atomic E-state index is 13.7. The molecule has 2 aromatic carbocycles. The molecule has 3 aromatic rings. The van der Waals surface area contributed by atoms with Gasteiger partial charge in [-0.1, -0.05) is 37.3 Å². The number of hydrogen-bond acceptors (Lipinski definition) is 4. The van der Waals surface area contributed by atoms with Crippen molar-refractivity contribution in [3.8, 4) is 0 Å². The van der Waals surface area contributed by atoms with Gasteiger partial charge in [0.25, 0.3) is 11.8 Å². The summed E-state index contributed by atoms with van der Waals surface area (Å²) in [5.41, 5.74) is 3.63. The average Bonchev–Trinajstić information content (AvgIpc) is 3.45. The SMILES string of the molecule is CC1CCN(C(=O)c2cc(NC(=O)c3ccco3)ccc2N2CCC(Cc3ccccc3)CC2)CC1. The third kappa shape index (κ3) is 5.64. The Bertz CT molecular complexity index is 1160. The van der Waals surface area contributed by atoms with Crippen LogP contribution in [0.5, 0.6) is 0 Å². The van der Waals surface area contributed by atoms with Crippen LogP contribution in [0, 0.1) is 11.8 Å². The normalized spacial score (nSPS) is 17.2. The molecule has 0 bridgehead atoms. The van der Waals surface area contributed by atoms with E-state index in [0.717, 1.165) is 64.0 Å². The molecule has 1 aromatic heterocycles. The van der Waals surface area contributed by atoms with Crippen molar-refractivity contribution in [3.05, 3.63) is 83.8 Å². The number of carbonyl (C=O) groups excluding carboxylic acids is 2. The van der Waals surface area contributed by atoms with Crippen molar-refractivity contribution in [1.29, 1.82) is 0 Å². The lowest BCUT2D eigenvalue weighted by molar-refractivity contribution is 0.0697. The van der Waals surface area contributed by atoms with E-state index in [2.05, 4.69) is 47.5 Å². The lowest BCUT2D eigenvalue weighted by Crippen LogP contribution is -2.40. The Morgan fingerprint density at radius 3 is 2.36 bits per heavy atom. The van der Waals surface area contributed by atoms with Crippen molar-refractivity contribution in [1.82, 2.24) is 4.90 Å². The van der Waals surface area contributed by atoms with Crippen LogP contribution in [0.15, 0.2) is 71.3 Å². The summed E-state index contributed by atoms with van der Waals surface area (Å²) in [5.74, 6) is 1.28. The van der Waals surface area contributed by atoms with Gasteiger partial charge in [0.05, 0.1) is 11.8 Å². The summed E-state index contributed by atoms with van der Waals surface area (Å²) in [7, 11) is 0. The molecule has 6 nitrogen and oxygen atoms in total. The highest BCUT2D eigenvalue weighted by atomic mass is 16.3. The quantitative estimate of drug-likeness (QED) is 0.475. The van der Waals surface area contributed by atoms with Gasteiger partial charge >= 0.3 is 0 Å². The van der Waals surface area contributed by atoms with E-state index >= 15 is 0 Å². The summed E-state index contributed by atoms with van der Waals surface area (Å²) in [4.78, 5) is 30.6. The minimum absolute atomic E-state index is 0.0532. The molecule has 6 heteroatoms. The number of rotatable bonds is 6. The number of hydrogen-bond donors (Lipinski definition) is 1. The van der Waals surface area contributed by atoms with Crippen LogP contribution in [-0.4, -0.2) is 42.9 Å². The summed E-state index contributed by atoms with van der Waals surface area (Å²) < 4.78 is 5.23. The van der Waals surface area contributed by atoms with Gasteiger partial charge < -0.3 is 19.5 Å². The zero-order chi connectivity index (χ0) is 24.9. The van der Waals surface area contributed by atoms with Crippen LogP contribution < -0.4 is 10.2 Å². The molecule has 2 fully saturated rings. The van der Waals surface area contributed by atoms with Gasteiger partial charge in [-0.3, -0.25) is 9.59 Å². The average molecular weight is 486 g/mol. The number of nitrogens with one attached hydrogen (secondary N) is 1. The summed E-state index contributed by atoms with van der Waals surface area (Å²) in [5, 5.41) is 2.89. The molecule has 36 heavy (non-hydrogen) atoms. The topological polar surface area (TPSA) is 65.8 Å². The Morgan fingerprint density at radius 2 is 1.67 bits per heavy atom. The van der Waals surface area contributed by atoms with Crippen molar-refractivity contribution in [3.63, 3.8) is 0 Å². The van der Waals surface area contributed by atoms with E-state index in [0.29, 0.717) is 23.1 Å².